The Kier molecular flexibility index (Phi) is 5.19. The minimum Gasteiger partial charge on any atom is -0.298 e. The van der Waals surface area contributed by atoms with Crippen LogP contribution in [0.5, 0.6) is 0 Å². The van der Waals surface area contributed by atoms with Gasteiger partial charge in [0.15, 0.2) is 15.0 Å². The predicted octanol–water partition coefficient (Wildman–Crippen LogP) is 5.48. The SMILES string of the molecule is Cc1ccc(-c2cc(C(=O)Nc3nc4ccc(S(C)(=O)=O)cc4s3)c3ccccc3n2)cc1. The van der Waals surface area contributed by atoms with Gasteiger partial charge in [0.1, 0.15) is 0 Å². The van der Waals surface area contributed by atoms with Gasteiger partial charge in [0, 0.05) is 17.2 Å². The number of sulfone groups is 1. The third kappa shape index (κ3) is 4.22. The summed E-state index contributed by atoms with van der Waals surface area (Å²) >= 11 is 1.23. The standard InChI is InChI=1S/C25H19N3O3S2/c1-15-7-9-16(10-8-15)22-14-19(18-5-3-4-6-20(18)26-22)24(29)28-25-27-21-12-11-17(33(2,30)31)13-23(21)32-25/h3-14H,1-2H3,(H,27,28,29). The largest absolute Gasteiger partial charge is 0.298 e. The number of anilines is 1. The van der Waals surface area contributed by atoms with Crippen molar-refractivity contribution in [3.8, 4) is 11.3 Å². The molecule has 0 fully saturated rings. The molecule has 0 atom stereocenters. The highest BCUT2D eigenvalue weighted by Gasteiger charge is 2.17. The number of benzene rings is 3. The summed E-state index contributed by atoms with van der Waals surface area (Å²) < 4.78 is 24.4. The normalized spacial score (nSPS) is 11.7. The Hall–Kier alpha value is -3.62. The molecule has 0 radical (unpaired) electrons. The number of carbonyl (C=O) groups is 1. The molecule has 0 bridgehead atoms. The number of rotatable bonds is 4. The summed E-state index contributed by atoms with van der Waals surface area (Å²) in [6, 6.07) is 22.0. The van der Waals surface area contributed by atoms with Gasteiger partial charge in [-0.15, -0.1) is 0 Å². The lowest BCUT2D eigenvalue weighted by Gasteiger charge is -2.10. The third-order valence-corrected chi connectivity index (χ3v) is 7.36. The first kappa shape index (κ1) is 21.2. The van der Waals surface area contributed by atoms with Crippen molar-refractivity contribution in [3.63, 3.8) is 0 Å². The number of aryl methyl sites for hydroxylation is 1. The fourth-order valence-electron chi connectivity index (χ4n) is 3.59. The van der Waals surface area contributed by atoms with E-state index in [2.05, 4.69) is 10.3 Å². The lowest BCUT2D eigenvalue weighted by atomic mass is 10.0. The number of pyridine rings is 1. The Morgan fingerprint density at radius 1 is 0.909 bits per heavy atom. The van der Waals surface area contributed by atoms with E-state index in [0.29, 0.717) is 26.6 Å². The molecule has 2 heterocycles. The zero-order chi connectivity index (χ0) is 23.2. The molecule has 0 aliphatic carbocycles. The molecule has 0 aliphatic heterocycles. The third-order valence-electron chi connectivity index (χ3n) is 5.32. The topological polar surface area (TPSA) is 89.0 Å². The number of thiazole rings is 1. The first-order valence-corrected chi connectivity index (χ1v) is 12.9. The second-order valence-corrected chi connectivity index (χ2v) is 10.9. The van der Waals surface area contributed by atoms with E-state index in [1.165, 1.54) is 17.4 Å². The number of amides is 1. The maximum absolute atomic E-state index is 13.3. The Bertz CT molecular complexity index is 1640. The first-order chi connectivity index (χ1) is 15.8. The molecule has 0 spiro atoms. The molecular weight excluding hydrogens is 454 g/mol. The van der Waals surface area contributed by atoms with E-state index >= 15 is 0 Å². The van der Waals surface area contributed by atoms with Crippen LogP contribution in [0.25, 0.3) is 32.4 Å². The van der Waals surface area contributed by atoms with Crippen molar-refractivity contribution in [3.05, 3.63) is 83.9 Å². The fraction of sp³-hybridized carbons (Fsp3) is 0.0800. The van der Waals surface area contributed by atoms with Crippen LogP contribution in [0.4, 0.5) is 5.13 Å². The van der Waals surface area contributed by atoms with Crippen molar-refractivity contribution >= 4 is 53.3 Å². The molecule has 6 nitrogen and oxygen atoms in total. The Balaban J connectivity index is 1.54. The number of carbonyl (C=O) groups excluding carboxylic acids is 1. The Morgan fingerprint density at radius 3 is 2.42 bits per heavy atom. The molecule has 1 N–H and O–H groups in total. The minimum atomic E-state index is -3.32. The monoisotopic (exact) mass is 473 g/mol. The van der Waals surface area contributed by atoms with Crippen molar-refractivity contribution in [2.45, 2.75) is 11.8 Å². The van der Waals surface area contributed by atoms with Crippen molar-refractivity contribution in [1.29, 1.82) is 0 Å². The second-order valence-electron chi connectivity index (χ2n) is 7.81. The molecule has 0 unspecified atom stereocenters. The molecule has 0 saturated heterocycles. The molecule has 3 aromatic carbocycles. The van der Waals surface area contributed by atoms with Gasteiger partial charge in [-0.1, -0.05) is 59.4 Å². The molecule has 0 aliphatic rings. The number of hydrogen-bond donors (Lipinski definition) is 1. The van der Waals surface area contributed by atoms with Gasteiger partial charge in [0.05, 0.1) is 31.9 Å². The van der Waals surface area contributed by atoms with Gasteiger partial charge in [-0.2, -0.15) is 0 Å². The van der Waals surface area contributed by atoms with E-state index in [1.54, 1.807) is 18.2 Å². The van der Waals surface area contributed by atoms with Crippen LogP contribution in [-0.4, -0.2) is 30.5 Å². The van der Waals surface area contributed by atoms with Crippen LogP contribution in [0.1, 0.15) is 15.9 Å². The van der Waals surface area contributed by atoms with Crippen LogP contribution in [0, 0.1) is 6.92 Å². The molecular formula is C25H19N3O3S2. The predicted molar refractivity (Wildman–Crippen MR) is 133 cm³/mol. The number of hydrogen-bond acceptors (Lipinski definition) is 6. The van der Waals surface area contributed by atoms with Gasteiger partial charge >= 0.3 is 0 Å². The van der Waals surface area contributed by atoms with Crippen molar-refractivity contribution < 1.29 is 13.2 Å². The number of aromatic nitrogens is 2. The van der Waals surface area contributed by atoms with Crippen LogP contribution in [0.2, 0.25) is 0 Å². The average molecular weight is 474 g/mol. The summed E-state index contributed by atoms with van der Waals surface area (Å²) in [6.07, 6.45) is 1.16. The van der Waals surface area contributed by atoms with Gasteiger partial charge in [0.2, 0.25) is 0 Å². The van der Waals surface area contributed by atoms with Gasteiger partial charge in [0.25, 0.3) is 5.91 Å². The molecule has 0 saturated carbocycles. The summed E-state index contributed by atoms with van der Waals surface area (Å²) in [5.74, 6) is -0.302. The summed E-state index contributed by atoms with van der Waals surface area (Å²) in [7, 11) is -3.32. The number of fused-ring (bicyclic) bond motifs is 2. The highest BCUT2D eigenvalue weighted by molar-refractivity contribution is 7.90. The zero-order valence-electron chi connectivity index (χ0n) is 17.9. The lowest BCUT2D eigenvalue weighted by molar-refractivity contribution is 0.102. The highest BCUT2D eigenvalue weighted by atomic mass is 32.2. The lowest BCUT2D eigenvalue weighted by Crippen LogP contribution is -2.13. The zero-order valence-corrected chi connectivity index (χ0v) is 19.5. The molecule has 8 heteroatoms. The van der Waals surface area contributed by atoms with Gasteiger partial charge in [-0.05, 0) is 37.3 Å². The summed E-state index contributed by atoms with van der Waals surface area (Å²) in [5.41, 5.74) is 4.62. The van der Waals surface area contributed by atoms with Gasteiger partial charge in [-0.3, -0.25) is 10.1 Å². The quantitative estimate of drug-likeness (QED) is 0.374. The van der Waals surface area contributed by atoms with Crippen LogP contribution in [0.3, 0.4) is 0 Å². The molecule has 164 valence electrons. The van der Waals surface area contributed by atoms with Crippen LogP contribution >= 0.6 is 11.3 Å². The Labute approximate surface area is 194 Å². The number of para-hydroxylation sites is 1. The fourth-order valence-corrected chi connectivity index (χ4v) is 5.21. The summed E-state index contributed by atoms with van der Waals surface area (Å²) in [6.45, 7) is 2.02. The maximum Gasteiger partial charge on any atom is 0.258 e. The van der Waals surface area contributed by atoms with Crippen molar-refractivity contribution in [2.75, 3.05) is 11.6 Å². The smallest absolute Gasteiger partial charge is 0.258 e. The molecule has 5 rings (SSSR count). The van der Waals surface area contributed by atoms with Gasteiger partial charge in [-0.25, -0.2) is 18.4 Å². The highest BCUT2D eigenvalue weighted by Crippen LogP contribution is 2.30. The number of nitrogens with zero attached hydrogens (tertiary/aromatic N) is 2. The Morgan fingerprint density at radius 2 is 1.67 bits per heavy atom. The van der Waals surface area contributed by atoms with Crippen molar-refractivity contribution in [2.24, 2.45) is 0 Å². The van der Waals surface area contributed by atoms with E-state index < -0.39 is 9.84 Å². The molecule has 2 aromatic heterocycles. The molecule has 33 heavy (non-hydrogen) atoms. The van der Waals surface area contributed by atoms with E-state index in [9.17, 15) is 13.2 Å². The molecule has 1 amide bonds. The van der Waals surface area contributed by atoms with Crippen LogP contribution in [-0.2, 0) is 9.84 Å². The first-order valence-electron chi connectivity index (χ1n) is 10.2. The summed E-state index contributed by atoms with van der Waals surface area (Å²) in [5, 5.41) is 4.02. The van der Waals surface area contributed by atoms with E-state index in [1.807, 2.05) is 55.5 Å². The van der Waals surface area contributed by atoms with E-state index in [4.69, 9.17) is 4.98 Å². The minimum absolute atomic E-state index is 0.222. The van der Waals surface area contributed by atoms with Gasteiger partial charge < -0.3 is 0 Å². The second kappa shape index (κ2) is 8.06. The van der Waals surface area contributed by atoms with E-state index in [0.717, 1.165) is 28.3 Å². The summed E-state index contributed by atoms with van der Waals surface area (Å²) in [4.78, 5) is 22.7. The average Bonchev–Trinajstić information content (AvgIpc) is 3.19. The molecule has 5 aromatic rings. The van der Waals surface area contributed by atoms with Crippen LogP contribution in [0.15, 0.2) is 77.7 Å². The maximum atomic E-state index is 13.3. The number of nitrogens with one attached hydrogen (secondary N) is 1. The van der Waals surface area contributed by atoms with Crippen LogP contribution < -0.4 is 5.32 Å². The van der Waals surface area contributed by atoms with Crippen molar-refractivity contribution in [1.82, 2.24) is 9.97 Å². The van der Waals surface area contributed by atoms with E-state index in [-0.39, 0.29) is 10.8 Å².